The molecule has 1 fully saturated rings. The third kappa shape index (κ3) is 1.93. The minimum Gasteiger partial charge on any atom is -0.325 e. The number of carbonyl (C=O) groups excluding carboxylic acids is 3. The van der Waals surface area contributed by atoms with Crippen LogP contribution in [0.3, 0.4) is 0 Å². The van der Waals surface area contributed by atoms with Crippen molar-refractivity contribution in [1.82, 2.24) is 4.90 Å². The number of nitrogens with zero attached hydrogens (tertiary/aromatic N) is 2. The van der Waals surface area contributed by atoms with E-state index in [0.717, 1.165) is 5.56 Å². The van der Waals surface area contributed by atoms with Crippen LogP contribution in [0.4, 0.5) is 5.69 Å². The van der Waals surface area contributed by atoms with Crippen molar-refractivity contribution in [3.05, 3.63) is 29.8 Å². The molecule has 2 aliphatic rings. The SMILES string of the molecule is N#C[C@@H]1C[C@@]2(CN1C(=O)C(=O)I)C(=O)Nc1ccccc12. The summed E-state index contributed by atoms with van der Waals surface area (Å²) in [5.74, 6) is -0.948. The summed E-state index contributed by atoms with van der Waals surface area (Å²) in [5, 5.41) is 12.0. The van der Waals surface area contributed by atoms with E-state index in [-0.39, 0.29) is 18.9 Å². The van der Waals surface area contributed by atoms with Crippen LogP contribution in [0.1, 0.15) is 12.0 Å². The van der Waals surface area contributed by atoms with Crippen LogP contribution in [0.5, 0.6) is 0 Å². The number of carbonyl (C=O) groups is 3. The number of anilines is 1. The number of amides is 2. The molecule has 6 nitrogen and oxygen atoms in total. The van der Waals surface area contributed by atoms with E-state index >= 15 is 0 Å². The lowest BCUT2D eigenvalue weighted by Gasteiger charge is -2.21. The van der Waals surface area contributed by atoms with Crippen LogP contribution in [0, 0.1) is 11.3 Å². The smallest absolute Gasteiger partial charge is 0.301 e. The first-order valence-electron chi connectivity index (χ1n) is 6.30. The Balaban J connectivity index is 2.05. The highest BCUT2D eigenvalue weighted by Gasteiger charge is 2.56. The van der Waals surface area contributed by atoms with Crippen molar-refractivity contribution >= 4 is 43.9 Å². The average Bonchev–Trinajstić information content (AvgIpc) is 2.99. The second kappa shape index (κ2) is 4.80. The number of para-hydroxylation sites is 1. The van der Waals surface area contributed by atoms with Crippen LogP contribution in [-0.2, 0) is 19.8 Å². The molecular formula is C14H10IN3O3. The van der Waals surface area contributed by atoms with E-state index < -0.39 is 21.2 Å². The molecule has 7 heteroatoms. The minimum atomic E-state index is -0.932. The lowest BCUT2D eigenvalue weighted by molar-refractivity contribution is -0.139. The molecule has 2 heterocycles. The number of halogens is 1. The fourth-order valence-electron chi connectivity index (χ4n) is 3.08. The Morgan fingerprint density at radius 1 is 1.43 bits per heavy atom. The Kier molecular flexibility index (Phi) is 3.20. The molecular weight excluding hydrogens is 385 g/mol. The normalized spacial score (nSPS) is 26.4. The van der Waals surface area contributed by atoms with Gasteiger partial charge >= 0.3 is 5.91 Å². The minimum absolute atomic E-state index is 0.0572. The van der Waals surface area contributed by atoms with Crippen molar-refractivity contribution in [2.24, 2.45) is 0 Å². The van der Waals surface area contributed by atoms with Gasteiger partial charge in [-0.25, -0.2) is 0 Å². The molecule has 0 radical (unpaired) electrons. The molecule has 0 aliphatic carbocycles. The summed E-state index contributed by atoms with van der Waals surface area (Å²) >= 11 is 1.40. The molecule has 0 bridgehead atoms. The first-order valence-corrected chi connectivity index (χ1v) is 7.38. The molecule has 2 atom stereocenters. The van der Waals surface area contributed by atoms with Gasteiger partial charge in [-0.2, -0.15) is 5.26 Å². The molecule has 0 unspecified atom stereocenters. The Labute approximate surface area is 134 Å². The molecule has 1 aromatic rings. The molecule has 1 spiro atoms. The van der Waals surface area contributed by atoms with Gasteiger partial charge in [0.2, 0.25) is 5.91 Å². The highest BCUT2D eigenvalue weighted by Crippen LogP contribution is 2.46. The number of likely N-dealkylation sites (tertiary alicyclic amines) is 1. The van der Waals surface area contributed by atoms with E-state index in [2.05, 4.69) is 5.32 Å². The van der Waals surface area contributed by atoms with Gasteiger partial charge in [-0.15, -0.1) is 0 Å². The quantitative estimate of drug-likeness (QED) is 0.436. The maximum atomic E-state index is 12.4. The van der Waals surface area contributed by atoms with Gasteiger partial charge in [-0.05, 0) is 11.6 Å². The van der Waals surface area contributed by atoms with Gasteiger partial charge in [0, 0.05) is 41.2 Å². The summed E-state index contributed by atoms with van der Waals surface area (Å²) in [4.78, 5) is 36.9. The molecule has 0 aromatic heterocycles. The maximum absolute atomic E-state index is 12.4. The summed E-state index contributed by atoms with van der Waals surface area (Å²) in [6.45, 7) is 0.0572. The zero-order valence-corrected chi connectivity index (χ0v) is 13.0. The van der Waals surface area contributed by atoms with Crippen molar-refractivity contribution in [2.45, 2.75) is 17.9 Å². The molecule has 1 saturated heterocycles. The zero-order chi connectivity index (χ0) is 15.2. The molecule has 21 heavy (non-hydrogen) atoms. The Hall–Kier alpha value is -1.95. The van der Waals surface area contributed by atoms with E-state index in [4.69, 9.17) is 0 Å². The number of hydrogen-bond acceptors (Lipinski definition) is 4. The summed E-state index contributed by atoms with van der Waals surface area (Å²) < 4.78 is -0.656. The van der Waals surface area contributed by atoms with Gasteiger partial charge in [0.15, 0.2) is 0 Å². The molecule has 1 N–H and O–H groups in total. The van der Waals surface area contributed by atoms with Crippen LogP contribution < -0.4 is 5.32 Å². The van der Waals surface area contributed by atoms with Crippen molar-refractivity contribution in [3.8, 4) is 6.07 Å². The predicted octanol–water partition coefficient (Wildman–Crippen LogP) is 0.963. The third-order valence-electron chi connectivity index (χ3n) is 4.06. The van der Waals surface area contributed by atoms with Crippen LogP contribution in [0.25, 0.3) is 0 Å². The van der Waals surface area contributed by atoms with Gasteiger partial charge in [0.05, 0.1) is 11.5 Å². The largest absolute Gasteiger partial charge is 0.325 e. The fraction of sp³-hybridized carbons (Fsp3) is 0.286. The van der Waals surface area contributed by atoms with E-state index in [1.807, 2.05) is 24.3 Å². The second-order valence-electron chi connectivity index (χ2n) is 5.14. The maximum Gasteiger partial charge on any atom is 0.301 e. The first kappa shape index (κ1) is 14.0. The summed E-state index contributed by atoms with van der Waals surface area (Å²) in [6, 6.07) is 8.49. The van der Waals surface area contributed by atoms with Crippen molar-refractivity contribution in [3.63, 3.8) is 0 Å². The van der Waals surface area contributed by atoms with Gasteiger partial charge in [0.1, 0.15) is 6.04 Å². The summed E-state index contributed by atoms with van der Waals surface area (Å²) in [7, 11) is 0. The molecule has 106 valence electrons. The van der Waals surface area contributed by atoms with E-state index in [0.29, 0.717) is 5.69 Å². The zero-order valence-electron chi connectivity index (χ0n) is 10.8. The van der Waals surface area contributed by atoms with E-state index in [1.54, 1.807) is 6.07 Å². The topological polar surface area (TPSA) is 90.3 Å². The summed E-state index contributed by atoms with van der Waals surface area (Å²) in [6.07, 6.45) is 0.210. The van der Waals surface area contributed by atoms with Gasteiger partial charge in [0.25, 0.3) is 3.79 Å². The van der Waals surface area contributed by atoms with Crippen LogP contribution in [-0.4, -0.2) is 33.1 Å². The van der Waals surface area contributed by atoms with Crippen LogP contribution in [0.15, 0.2) is 24.3 Å². The summed E-state index contributed by atoms with van der Waals surface area (Å²) in [5.41, 5.74) is 0.555. The molecule has 0 saturated carbocycles. The average molecular weight is 395 g/mol. The Morgan fingerprint density at radius 2 is 2.14 bits per heavy atom. The highest BCUT2D eigenvalue weighted by molar-refractivity contribution is 14.1. The van der Waals surface area contributed by atoms with Crippen molar-refractivity contribution in [2.75, 3.05) is 11.9 Å². The molecule has 3 rings (SSSR count). The Bertz CT molecular complexity index is 712. The lowest BCUT2D eigenvalue weighted by atomic mass is 9.80. The highest BCUT2D eigenvalue weighted by atomic mass is 127. The number of hydrogen-bond donors (Lipinski definition) is 1. The number of fused-ring (bicyclic) bond motifs is 2. The Morgan fingerprint density at radius 3 is 2.81 bits per heavy atom. The second-order valence-corrected chi connectivity index (χ2v) is 6.12. The molecule has 1 aromatic carbocycles. The van der Waals surface area contributed by atoms with Crippen molar-refractivity contribution < 1.29 is 14.4 Å². The first-order chi connectivity index (χ1) is 9.99. The van der Waals surface area contributed by atoms with Gasteiger partial charge in [-0.3, -0.25) is 14.4 Å². The van der Waals surface area contributed by atoms with Gasteiger partial charge < -0.3 is 10.2 Å². The molecule has 2 aliphatic heterocycles. The standard InChI is InChI=1S/C14H10IN3O3/c15-11(19)12(20)18-7-14(5-8(18)6-16)9-3-1-2-4-10(9)17-13(14)21/h1-4,8H,5,7H2,(H,17,21)/t8-,14-/m0/s1. The fourth-order valence-corrected chi connectivity index (χ4v) is 3.39. The number of benzene rings is 1. The number of nitriles is 1. The van der Waals surface area contributed by atoms with Crippen molar-refractivity contribution in [1.29, 1.82) is 5.26 Å². The van der Waals surface area contributed by atoms with E-state index in [9.17, 15) is 19.6 Å². The monoisotopic (exact) mass is 395 g/mol. The molecule has 2 amide bonds. The van der Waals surface area contributed by atoms with Crippen LogP contribution in [0.2, 0.25) is 0 Å². The lowest BCUT2D eigenvalue weighted by Crippen LogP contribution is -2.41. The third-order valence-corrected chi connectivity index (χ3v) is 4.52. The van der Waals surface area contributed by atoms with Crippen LogP contribution >= 0.6 is 22.6 Å². The van der Waals surface area contributed by atoms with Gasteiger partial charge in [-0.1, -0.05) is 18.2 Å². The predicted molar refractivity (Wildman–Crippen MR) is 81.5 cm³/mol. The number of nitrogens with one attached hydrogen (secondary N) is 1. The van der Waals surface area contributed by atoms with E-state index in [1.165, 1.54) is 27.5 Å². The number of rotatable bonds is 1.